The first-order chi connectivity index (χ1) is 10.3. The van der Waals surface area contributed by atoms with E-state index in [1.807, 2.05) is 0 Å². The van der Waals surface area contributed by atoms with Crippen molar-refractivity contribution < 1.29 is 33.0 Å². The number of carbonyl (C=O) groups is 3. The molecule has 1 N–H and O–H groups in total. The fourth-order valence-corrected chi connectivity index (χ4v) is 2.20. The molecule has 7 nitrogen and oxygen atoms in total. The van der Waals surface area contributed by atoms with Gasteiger partial charge in [0.1, 0.15) is 18.9 Å². The Morgan fingerprint density at radius 3 is 2.41 bits per heavy atom. The molecule has 1 amide bonds. The Hall–Kier alpha value is -1.70. The van der Waals surface area contributed by atoms with Gasteiger partial charge in [-0.15, -0.1) is 0 Å². The zero-order chi connectivity index (χ0) is 16.9. The lowest BCUT2D eigenvalue weighted by Gasteiger charge is -2.41. The third-order valence-corrected chi connectivity index (χ3v) is 3.38. The summed E-state index contributed by atoms with van der Waals surface area (Å²) in [5.41, 5.74) is 0. The van der Waals surface area contributed by atoms with Gasteiger partial charge >= 0.3 is 11.9 Å². The van der Waals surface area contributed by atoms with Crippen molar-refractivity contribution in [3.05, 3.63) is 0 Å². The van der Waals surface area contributed by atoms with Gasteiger partial charge in [0.05, 0.1) is 6.04 Å². The lowest BCUT2D eigenvalue weighted by molar-refractivity contribution is -0.243. The number of amides is 1. The van der Waals surface area contributed by atoms with Gasteiger partial charge in [-0.2, -0.15) is 0 Å². The van der Waals surface area contributed by atoms with E-state index in [-0.39, 0.29) is 18.9 Å². The Morgan fingerprint density at radius 1 is 1.27 bits per heavy atom. The number of hydrogen-bond acceptors (Lipinski definition) is 6. The number of ether oxygens (including phenoxy) is 3. The average molecular weight is 319 g/mol. The summed E-state index contributed by atoms with van der Waals surface area (Å²) in [6, 6.07) is -0.809. The van der Waals surface area contributed by atoms with Crippen LogP contribution in [0.1, 0.15) is 34.1 Å². The number of rotatable bonds is 5. The molecule has 5 atom stereocenters. The van der Waals surface area contributed by atoms with Crippen LogP contribution in [0.5, 0.6) is 0 Å². The zero-order valence-corrected chi connectivity index (χ0v) is 13.1. The lowest BCUT2D eigenvalue weighted by atomic mass is 9.89. The highest BCUT2D eigenvalue weighted by Crippen LogP contribution is 2.29. The predicted octanol–water partition coefficient (Wildman–Crippen LogP) is 0.706. The summed E-state index contributed by atoms with van der Waals surface area (Å²) in [4.78, 5) is 33.6. The molecule has 1 aliphatic heterocycles. The van der Waals surface area contributed by atoms with E-state index in [2.05, 4.69) is 5.32 Å². The molecule has 1 heterocycles. The topological polar surface area (TPSA) is 90.9 Å². The second-order valence-electron chi connectivity index (χ2n) is 5.22. The largest absolute Gasteiger partial charge is 0.463 e. The van der Waals surface area contributed by atoms with Crippen LogP contribution in [-0.2, 0) is 28.6 Å². The van der Waals surface area contributed by atoms with Gasteiger partial charge in [-0.05, 0) is 0 Å². The summed E-state index contributed by atoms with van der Waals surface area (Å²) < 4.78 is 29.7. The Bertz CT molecular complexity index is 428. The van der Waals surface area contributed by atoms with Crippen molar-refractivity contribution in [2.75, 3.05) is 6.61 Å². The van der Waals surface area contributed by atoms with Crippen LogP contribution in [0.4, 0.5) is 4.39 Å². The molecule has 22 heavy (non-hydrogen) atoms. The van der Waals surface area contributed by atoms with E-state index in [1.165, 1.54) is 13.8 Å². The van der Waals surface area contributed by atoms with Crippen LogP contribution in [-0.4, -0.2) is 49.1 Å². The van der Waals surface area contributed by atoms with E-state index in [1.54, 1.807) is 13.8 Å². The molecule has 0 aromatic rings. The highest BCUT2D eigenvalue weighted by atomic mass is 19.1. The predicted molar refractivity (Wildman–Crippen MR) is 73.3 cm³/mol. The Balaban J connectivity index is 2.86. The number of carbonyl (C=O) groups excluding carboxylic acids is 3. The van der Waals surface area contributed by atoms with Crippen molar-refractivity contribution in [3.63, 3.8) is 0 Å². The lowest BCUT2D eigenvalue weighted by Crippen LogP contribution is -2.60. The van der Waals surface area contributed by atoms with Crippen molar-refractivity contribution in [3.8, 4) is 0 Å². The minimum Gasteiger partial charge on any atom is -0.463 e. The number of alkyl halides is 1. The SMILES string of the molecule is CCC(=O)OC1OC(COC(C)=O)[C@@H](F)C(C)[C@@H]1NC(C)=O. The molecule has 0 bridgehead atoms. The van der Waals surface area contributed by atoms with Crippen LogP contribution in [0.2, 0.25) is 0 Å². The Labute approximate surface area is 128 Å². The van der Waals surface area contributed by atoms with E-state index < -0.39 is 42.5 Å². The van der Waals surface area contributed by atoms with Crippen molar-refractivity contribution in [2.24, 2.45) is 5.92 Å². The molecule has 1 saturated heterocycles. The molecule has 0 radical (unpaired) electrons. The molecular formula is C14H22FNO6. The quantitative estimate of drug-likeness (QED) is 0.750. The van der Waals surface area contributed by atoms with Crippen LogP contribution in [0.15, 0.2) is 0 Å². The molecule has 0 aliphatic carbocycles. The number of esters is 2. The van der Waals surface area contributed by atoms with Gasteiger partial charge < -0.3 is 19.5 Å². The minimum atomic E-state index is -1.48. The number of nitrogens with one attached hydrogen (secondary N) is 1. The van der Waals surface area contributed by atoms with Crippen LogP contribution < -0.4 is 5.32 Å². The molecule has 0 aromatic heterocycles. The molecule has 126 valence electrons. The van der Waals surface area contributed by atoms with Crippen molar-refractivity contribution >= 4 is 17.8 Å². The molecule has 1 rings (SSSR count). The van der Waals surface area contributed by atoms with Gasteiger partial charge in [0.25, 0.3) is 0 Å². The standard InChI is InChI=1S/C14H22FNO6/c1-5-11(19)22-14-13(16-8(3)17)7(2)12(15)10(21-14)6-20-9(4)18/h7,10,12-14H,5-6H2,1-4H3,(H,16,17)/t7?,10?,12-,13-,14?/m0/s1. The summed E-state index contributed by atoms with van der Waals surface area (Å²) in [6.07, 6.45) is -3.54. The summed E-state index contributed by atoms with van der Waals surface area (Å²) in [6.45, 7) is 5.38. The van der Waals surface area contributed by atoms with Gasteiger partial charge in [0.15, 0.2) is 0 Å². The monoisotopic (exact) mass is 319 g/mol. The van der Waals surface area contributed by atoms with E-state index in [4.69, 9.17) is 14.2 Å². The van der Waals surface area contributed by atoms with Crippen molar-refractivity contribution in [2.45, 2.75) is 58.7 Å². The minimum absolute atomic E-state index is 0.120. The first-order valence-corrected chi connectivity index (χ1v) is 7.15. The van der Waals surface area contributed by atoms with E-state index in [9.17, 15) is 18.8 Å². The molecule has 1 aliphatic rings. The molecule has 0 saturated carbocycles. The highest BCUT2D eigenvalue weighted by molar-refractivity contribution is 5.73. The molecule has 3 unspecified atom stereocenters. The summed E-state index contributed by atoms with van der Waals surface area (Å²) >= 11 is 0. The summed E-state index contributed by atoms with van der Waals surface area (Å²) in [5.74, 6) is -2.15. The van der Waals surface area contributed by atoms with Crippen LogP contribution >= 0.6 is 0 Å². The van der Waals surface area contributed by atoms with Gasteiger partial charge in [0.2, 0.25) is 12.2 Å². The second-order valence-corrected chi connectivity index (χ2v) is 5.22. The average Bonchev–Trinajstić information content (AvgIpc) is 2.44. The molecular weight excluding hydrogens is 297 g/mol. The van der Waals surface area contributed by atoms with Crippen molar-refractivity contribution in [1.82, 2.24) is 5.32 Å². The normalized spacial score (nSPS) is 31.2. The molecule has 8 heteroatoms. The second kappa shape index (κ2) is 8.07. The summed E-state index contributed by atoms with van der Waals surface area (Å²) in [5, 5.41) is 2.54. The molecule has 1 fully saturated rings. The molecule has 0 aromatic carbocycles. The van der Waals surface area contributed by atoms with Crippen LogP contribution in [0, 0.1) is 5.92 Å². The maximum atomic E-state index is 14.4. The smallest absolute Gasteiger partial charge is 0.307 e. The first kappa shape index (κ1) is 18.3. The van der Waals surface area contributed by atoms with Crippen LogP contribution in [0.3, 0.4) is 0 Å². The Kier molecular flexibility index (Phi) is 6.73. The maximum absolute atomic E-state index is 14.4. The Morgan fingerprint density at radius 2 is 1.91 bits per heavy atom. The number of hydrogen-bond donors (Lipinski definition) is 1. The fourth-order valence-electron chi connectivity index (χ4n) is 2.20. The molecule has 0 spiro atoms. The number of halogens is 1. The van der Waals surface area contributed by atoms with Crippen molar-refractivity contribution in [1.29, 1.82) is 0 Å². The van der Waals surface area contributed by atoms with Gasteiger partial charge in [-0.3, -0.25) is 14.4 Å². The van der Waals surface area contributed by atoms with E-state index >= 15 is 0 Å². The van der Waals surface area contributed by atoms with Gasteiger partial charge in [-0.25, -0.2) is 4.39 Å². The van der Waals surface area contributed by atoms with Gasteiger partial charge in [0, 0.05) is 26.2 Å². The maximum Gasteiger partial charge on any atom is 0.307 e. The van der Waals surface area contributed by atoms with Gasteiger partial charge in [-0.1, -0.05) is 13.8 Å². The third-order valence-electron chi connectivity index (χ3n) is 3.38. The first-order valence-electron chi connectivity index (χ1n) is 7.15. The third kappa shape index (κ3) is 4.94. The fraction of sp³-hybridized carbons (Fsp3) is 0.786. The van der Waals surface area contributed by atoms with Crippen LogP contribution in [0.25, 0.3) is 0 Å². The van der Waals surface area contributed by atoms with E-state index in [0.29, 0.717) is 0 Å². The highest BCUT2D eigenvalue weighted by Gasteiger charge is 2.46. The zero-order valence-electron chi connectivity index (χ0n) is 13.1. The van der Waals surface area contributed by atoms with E-state index in [0.717, 1.165) is 0 Å². The summed E-state index contributed by atoms with van der Waals surface area (Å²) in [7, 11) is 0.